The third-order valence-corrected chi connectivity index (χ3v) is 7.75. The summed E-state index contributed by atoms with van der Waals surface area (Å²) in [7, 11) is 1.50. The second-order valence-corrected chi connectivity index (χ2v) is 10.6. The summed E-state index contributed by atoms with van der Waals surface area (Å²) in [5.74, 6) is 2.28. The number of nitrogens with two attached hydrogens (primary N) is 1. The van der Waals surface area contributed by atoms with Gasteiger partial charge >= 0.3 is 0 Å². The predicted octanol–water partition coefficient (Wildman–Crippen LogP) is 5.83. The van der Waals surface area contributed by atoms with E-state index in [2.05, 4.69) is 37.2 Å². The van der Waals surface area contributed by atoms with Gasteiger partial charge in [0.2, 0.25) is 0 Å². The van der Waals surface area contributed by atoms with Crippen molar-refractivity contribution in [3.8, 4) is 28.3 Å². The van der Waals surface area contributed by atoms with Crippen LogP contribution in [0.4, 0.5) is 27.5 Å². The van der Waals surface area contributed by atoms with Crippen molar-refractivity contribution in [1.29, 1.82) is 0 Å². The molecule has 2 saturated heterocycles. The SMILES string of the molecule is COc1cccc(F)c1-c1nccc(Nc2cc(N3CCC[C@H](N)C3)c(-c3ccc(N4CCCCC4)nc3)cn2)n1.Cl. The first-order valence-corrected chi connectivity index (χ1v) is 14.2. The Morgan fingerprint density at radius 1 is 0.929 bits per heavy atom. The van der Waals surface area contributed by atoms with Crippen LogP contribution in [-0.4, -0.2) is 59.3 Å². The van der Waals surface area contributed by atoms with Crippen molar-refractivity contribution < 1.29 is 9.13 Å². The number of rotatable bonds is 7. The van der Waals surface area contributed by atoms with Gasteiger partial charge < -0.3 is 25.6 Å². The van der Waals surface area contributed by atoms with E-state index in [-0.39, 0.29) is 29.8 Å². The van der Waals surface area contributed by atoms with Crippen molar-refractivity contribution in [2.24, 2.45) is 5.73 Å². The number of nitrogens with zero attached hydrogens (tertiary/aromatic N) is 6. The van der Waals surface area contributed by atoms with E-state index in [4.69, 9.17) is 20.4 Å². The molecule has 0 bridgehead atoms. The monoisotopic (exact) mass is 590 g/mol. The third kappa shape index (κ3) is 6.39. The fourth-order valence-electron chi connectivity index (χ4n) is 5.65. The van der Waals surface area contributed by atoms with E-state index in [1.165, 1.54) is 32.4 Å². The van der Waals surface area contributed by atoms with Crippen molar-refractivity contribution >= 4 is 35.5 Å². The molecule has 2 fully saturated rings. The summed E-state index contributed by atoms with van der Waals surface area (Å²) in [4.78, 5) is 23.1. The van der Waals surface area contributed by atoms with Crippen LogP contribution in [0, 0.1) is 5.82 Å². The maximum absolute atomic E-state index is 14.7. The van der Waals surface area contributed by atoms with Crippen LogP contribution in [0.3, 0.4) is 0 Å². The van der Waals surface area contributed by atoms with Gasteiger partial charge in [0.05, 0.1) is 12.7 Å². The zero-order valence-corrected chi connectivity index (χ0v) is 24.5. The van der Waals surface area contributed by atoms with Crippen LogP contribution in [-0.2, 0) is 0 Å². The van der Waals surface area contributed by atoms with Crippen LogP contribution in [0.2, 0.25) is 0 Å². The number of hydrogen-bond acceptors (Lipinski definition) is 9. The number of methoxy groups -OCH3 is 1. The third-order valence-electron chi connectivity index (χ3n) is 7.75. The Balaban J connectivity index is 0.00000353. The van der Waals surface area contributed by atoms with Crippen LogP contribution in [0.5, 0.6) is 5.75 Å². The molecule has 0 unspecified atom stereocenters. The minimum Gasteiger partial charge on any atom is -0.496 e. The molecule has 0 radical (unpaired) electrons. The van der Waals surface area contributed by atoms with Crippen molar-refractivity contribution in [2.75, 3.05) is 48.4 Å². The van der Waals surface area contributed by atoms with Crippen molar-refractivity contribution in [1.82, 2.24) is 19.9 Å². The van der Waals surface area contributed by atoms with Gasteiger partial charge in [0.15, 0.2) is 5.82 Å². The van der Waals surface area contributed by atoms with Gasteiger partial charge in [0.1, 0.15) is 29.0 Å². The average molecular weight is 591 g/mol. The van der Waals surface area contributed by atoms with Gasteiger partial charge in [0, 0.05) is 73.7 Å². The predicted molar refractivity (Wildman–Crippen MR) is 167 cm³/mol. The Labute approximate surface area is 251 Å². The Bertz CT molecular complexity index is 1500. The molecule has 0 aliphatic carbocycles. The Hall–Kier alpha value is -4.02. The van der Waals surface area contributed by atoms with Gasteiger partial charge in [0.25, 0.3) is 0 Å². The van der Waals surface area contributed by atoms with E-state index in [1.54, 1.807) is 24.4 Å². The van der Waals surface area contributed by atoms with E-state index in [9.17, 15) is 4.39 Å². The maximum atomic E-state index is 14.7. The van der Waals surface area contributed by atoms with E-state index in [0.717, 1.165) is 61.7 Å². The molecular weight excluding hydrogens is 555 g/mol. The fourth-order valence-corrected chi connectivity index (χ4v) is 5.65. The normalized spacial score (nSPS) is 17.0. The fraction of sp³-hybridized carbons (Fsp3) is 0.355. The number of ether oxygens (including phenoxy) is 1. The minimum absolute atomic E-state index is 0. The second-order valence-electron chi connectivity index (χ2n) is 10.6. The summed E-state index contributed by atoms with van der Waals surface area (Å²) in [6, 6.07) is 12.8. The Morgan fingerprint density at radius 3 is 2.52 bits per heavy atom. The van der Waals surface area contributed by atoms with Gasteiger partial charge in [-0.1, -0.05) is 6.07 Å². The Morgan fingerprint density at radius 2 is 1.76 bits per heavy atom. The molecule has 0 amide bonds. The first kappa shape index (κ1) is 29.5. The molecule has 1 aromatic carbocycles. The second kappa shape index (κ2) is 13.3. The molecule has 2 aliphatic rings. The smallest absolute Gasteiger partial charge is 0.168 e. The van der Waals surface area contributed by atoms with Crippen LogP contribution in [0.25, 0.3) is 22.5 Å². The van der Waals surface area contributed by atoms with Gasteiger partial charge in [-0.3, -0.25) is 0 Å². The maximum Gasteiger partial charge on any atom is 0.168 e. The molecule has 6 rings (SSSR count). The summed E-state index contributed by atoms with van der Waals surface area (Å²) in [5.41, 5.74) is 9.64. The summed E-state index contributed by atoms with van der Waals surface area (Å²) < 4.78 is 20.0. The minimum atomic E-state index is -0.451. The molecule has 9 nitrogen and oxygen atoms in total. The number of anilines is 4. The number of nitrogens with one attached hydrogen (secondary N) is 1. The number of piperidine rings is 2. The number of benzene rings is 1. The summed E-state index contributed by atoms with van der Waals surface area (Å²) in [6.45, 7) is 3.79. The zero-order chi connectivity index (χ0) is 28.2. The van der Waals surface area contributed by atoms with E-state index in [0.29, 0.717) is 17.4 Å². The molecule has 4 aromatic rings. The molecule has 0 spiro atoms. The lowest BCUT2D eigenvalue weighted by atomic mass is 10.0. The molecule has 1 atom stereocenters. The Kier molecular flexibility index (Phi) is 9.34. The molecule has 3 aromatic heterocycles. The van der Waals surface area contributed by atoms with Gasteiger partial charge in [-0.25, -0.2) is 24.3 Å². The van der Waals surface area contributed by atoms with Crippen molar-refractivity contribution in [3.05, 3.63) is 66.9 Å². The highest BCUT2D eigenvalue weighted by atomic mass is 35.5. The van der Waals surface area contributed by atoms with Gasteiger partial charge in [-0.15, -0.1) is 12.4 Å². The number of pyridine rings is 2. The lowest BCUT2D eigenvalue weighted by Gasteiger charge is -2.34. The topological polar surface area (TPSA) is 105 Å². The standard InChI is InChI=1S/C31H35FN8O.ClH/c1-41-26-9-5-8-24(32)30(26)31-34-13-12-27(38-31)37-28-17-25(40-16-6-7-22(33)20-40)23(19-35-28)21-10-11-29(36-18-21)39-14-3-2-4-15-39;/h5,8-13,17-19,22H,2-4,6-7,14-16,20,33H2,1H3,(H,34,35,37,38);1H/t22-;/m0./s1. The van der Waals surface area contributed by atoms with E-state index >= 15 is 0 Å². The molecule has 2 aliphatic heterocycles. The van der Waals surface area contributed by atoms with Crippen LogP contribution in [0.15, 0.2) is 61.1 Å². The van der Waals surface area contributed by atoms with Crippen molar-refractivity contribution in [2.45, 2.75) is 38.1 Å². The first-order valence-electron chi connectivity index (χ1n) is 14.2. The molecule has 42 heavy (non-hydrogen) atoms. The molecule has 5 heterocycles. The molecule has 3 N–H and O–H groups in total. The van der Waals surface area contributed by atoms with Crippen LogP contribution < -0.4 is 25.6 Å². The van der Waals surface area contributed by atoms with E-state index < -0.39 is 5.82 Å². The van der Waals surface area contributed by atoms with Gasteiger partial charge in [-0.2, -0.15) is 0 Å². The highest BCUT2D eigenvalue weighted by molar-refractivity contribution is 5.85. The molecule has 0 saturated carbocycles. The van der Waals surface area contributed by atoms with Crippen molar-refractivity contribution in [3.63, 3.8) is 0 Å². The number of halogens is 2. The molecule has 220 valence electrons. The van der Waals surface area contributed by atoms with E-state index in [1.807, 2.05) is 18.5 Å². The quantitative estimate of drug-likeness (QED) is 0.275. The average Bonchev–Trinajstić information content (AvgIpc) is 3.01. The summed E-state index contributed by atoms with van der Waals surface area (Å²) in [6.07, 6.45) is 11.2. The first-order chi connectivity index (χ1) is 20.1. The summed E-state index contributed by atoms with van der Waals surface area (Å²) >= 11 is 0. The highest BCUT2D eigenvalue weighted by Gasteiger charge is 2.22. The van der Waals surface area contributed by atoms with Crippen LogP contribution >= 0.6 is 12.4 Å². The number of aromatic nitrogens is 4. The van der Waals surface area contributed by atoms with Gasteiger partial charge in [-0.05, 0) is 62.4 Å². The largest absolute Gasteiger partial charge is 0.496 e. The molecular formula is C31H36ClFN8O. The molecule has 11 heteroatoms. The lowest BCUT2D eigenvalue weighted by molar-refractivity contribution is 0.413. The number of hydrogen-bond donors (Lipinski definition) is 2. The lowest BCUT2D eigenvalue weighted by Crippen LogP contribution is -2.43. The zero-order valence-electron chi connectivity index (χ0n) is 23.7. The highest BCUT2D eigenvalue weighted by Crippen LogP contribution is 2.35. The summed E-state index contributed by atoms with van der Waals surface area (Å²) in [5, 5.41) is 3.29. The van der Waals surface area contributed by atoms with Crippen LogP contribution in [0.1, 0.15) is 32.1 Å².